The predicted octanol–water partition coefficient (Wildman–Crippen LogP) is 13.6. The summed E-state index contributed by atoms with van der Waals surface area (Å²) < 4.78 is 19.3. The maximum atomic E-state index is 4.82. The molecule has 0 aromatic carbocycles. The molecule has 1 aliphatic carbocycles. The molecule has 0 saturated carbocycles. The standard InChI is InChI=1S/4C6H18NSi2.C6H6.2U/c4*1-8(2,3)7-9(4,5)6;1-2-4-6-5-3-1;;/h4*1-6H3;1-6H;;/q4*-1;-2;2*+3. The summed E-state index contributed by atoms with van der Waals surface area (Å²) >= 11 is 0. The molecule has 0 aromatic rings. The van der Waals surface area contributed by atoms with Crippen molar-refractivity contribution < 1.29 is 62.2 Å². The topological polar surface area (TPSA) is 56.4 Å². The quantitative estimate of drug-likeness (QED) is 0.172. The van der Waals surface area contributed by atoms with E-state index < -0.39 is 65.9 Å². The fraction of sp³-hybridized carbons (Fsp3) is 0.800. The Morgan fingerprint density at radius 3 is 0.364 bits per heavy atom. The van der Waals surface area contributed by atoms with Gasteiger partial charge in [0, 0.05) is 0 Å². The van der Waals surface area contributed by atoms with Crippen LogP contribution in [-0.2, 0) is 0 Å². The van der Waals surface area contributed by atoms with Gasteiger partial charge in [0.05, 0.1) is 0 Å². The van der Waals surface area contributed by atoms with Crippen LogP contribution in [0.1, 0.15) is 0 Å². The van der Waals surface area contributed by atoms with Gasteiger partial charge in [-0.2, -0.15) is 0 Å². The summed E-state index contributed by atoms with van der Waals surface area (Å²) in [6.07, 6.45) is 12.0. The van der Waals surface area contributed by atoms with Gasteiger partial charge in [0.2, 0.25) is 0 Å². The first-order valence-corrected chi connectivity index (χ1v) is 43.4. The van der Waals surface area contributed by atoms with Gasteiger partial charge in [0.1, 0.15) is 0 Å². The Morgan fingerprint density at radius 2 is 0.341 bits per heavy atom. The van der Waals surface area contributed by atoms with Crippen LogP contribution in [0.4, 0.5) is 0 Å². The van der Waals surface area contributed by atoms with E-state index in [-0.39, 0.29) is 62.2 Å². The van der Waals surface area contributed by atoms with Crippen molar-refractivity contribution >= 4 is 65.9 Å². The Kier molecular flexibility index (Phi) is 33.5. The molecular formula is C30H78N4Si8U2. The van der Waals surface area contributed by atoms with E-state index in [1.165, 1.54) is 0 Å². The van der Waals surface area contributed by atoms with Crippen LogP contribution in [0.2, 0.25) is 157 Å². The predicted molar refractivity (Wildman–Crippen MR) is 227 cm³/mol. The minimum atomic E-state index is -1.11. The van der Waals surface area contributed by atoms with Crippen molar-refractivity contribution in [2.75, 3.05) is 0 Å². The van der Waals surface area contributed by atoms with Gasteiger partial charge in [-0.25, -0.2) is 0 Å². The van der Waals surface area contributed by atoms with Crippen LogP contribution in [0.25, 0.3) is 18.6 Å². The van der Waals surface area contributed by atoms with Crippen LogP contribution >= 0.6 is 0 Å². The first-order chi connectivity index (χ1) is 17.8. The normalized spacial score (nSPS) is 13.6. The van der Waals surface area contributed by atoms with Gasteiger partial charge in [0.25, 0.3) is 0 Å². The minimum absolute atomic E-state index is 0. The van der Waals surface area contributed by atoms with Crippen molar-refractivity contribution in [1.82, 2.24) is 0 Å². The van der Waals surface area contributed by atoms with Gasteiger partial charge in [-0.3, -0.25) is 37.1 Å². The SMILES string of the molecule is C1=C[CH-]C=C[CH-]1.C[Si](C)(C)[N-][Si](C)(C)C.C[Si](C)(C)[N-][Si](C)(C)C.C[Si](C)(C)[N-][Si](C)(C)C.C[Si](C)(C)[N-][Si](C)(C)C.[U+3].[U+3]. The van der Waals surface area contributed by atoms with E-state index >= 15 is 0 Å². The van der Waals surface area contributed by atoms with Crippen molar-refractivity contribution in [2.45, 2.75) is 157 Å². The summed E-state index contributed by atoms with van der Waals surface area (Å²) in [5.74, 6) is 0. The molecule has 44 heavy (non-hydrogen) atoms. The second-order valence-electron chi connectivity index (χ2n) is 19.0. The summed E-state index contributed by atoms with van der Waals surface area (Å²) in [6, 6.07) is 0. The van der Waals surface area contributed by atoms with Crippen LogP contribution in [0.3, 0.4) is 0 Å². The van der Waals surface area contributed by atoms with Crippen LogP contribution < -0.4 is 0 Å². The number of hydrogen-bond donors (Lipinski definition) is 0. The van der Waals surface area contributed by atoms with E-state index in [9.17, 15) is 0 Å². The van der Waals surface area contributed by atoms with Gasteiger partial charge >= 0.3 is 62.2 Å². The molecule has 0 aliphatic heterocycles. The van der Waals surface area contributed by atoms with Gasteiger partial charge in [-0.05, 0) is 0 Å². The second-order valence-corrected chi connectivity index (χ2v) is 57.3. The van der Waals surface area contributed by atoms with Crippen LogP contribution in [0.5, 0.6) is 0 Å². The molecule has 0 bridgehead atoms. The van der Waals surface area contributed by atoms with E-state index in [4.69, 9.17) is 18.6 Å². The third-order valence-electron chi connectivity index (χ3n) is 3.35. The fourth-order valence-corrected chi connectivity index (χ4v) is 36.6. The van der Waals surface area contributed by atoms with Crippen LogP contribution in [0.15, 0.2) is 24.3 Å². The molecule has 14 heteroatoms. The zero-order valence-corrected chi connectivity index (χ0v) is 50.6. The molecule has 0 unspecified atom stereocenters. The second kappa shape index (κ2) is 24.9. The Hall–Kier alpha value is 2.90. The molecule has 4 nitrogen and oxygen atoms in total. The average Bonchev–Trinajstić information content (AvgIpc) is 2.52. The molecule has 2 radical (unpaired) electrons. The van der Waals surface area contributed by atoms with Crippen molar-refractivity contribution in [3.05, 3.63) is 55.7 Å². The van der Waals surface area contributed by atoms with Gasteiger partial charge < -0.3 is 18.6 Å². The third kappa shape index (κ3) is 79.9. The molecule has 1 rings (SSSR count). The number of hydrogen-bond acceptors (Lipinski definition) is 0. The molecule has 0 spiro atoms. The van der Waals surface area contributed by atoms with Gasteiger partial charge in [-0.1, -0.05) is 223 Å². The Morgan fingerprint density at radius 1 is 0.250 bits per heavy atom. The van der Waals surface area contributed by atoms with E-state index in [0.717, 1.165) is 0 Å². The largest absolute Gasteiger partial charge is 3.00 e. The molecule has 1 aliphatic rings. The van der Waals surface area contributed by atoms with Crippen molar-refractivity contribution in [3.8, 4) is 0 Å². The summed E-state index contributed by atoms with van der Waals surface area (Å²) in [5.41, 5.74) is 0. The van der Waals surface area contributed by atoms with Gasteiger partial charge in [0.15, 0.2) is 0 Å². The van der Waals surface area contributed by atoms with Crippen molar-refractivity contribution in [1.29, 1.82) is 0 Å². The molecule has 0 amide bonds. The Bertz CT molecular complexity index is 571. The molecule has 0 aromatic heterocycles. The molecule has 258 valence electrons. The van der Waals surface area contributed by atoms with Gasteiger partial charge in [-0.15, -0.1) is 0 Å². The molecule has 0 fully saturated rings. The molecule has 0 atom stereocenters. The smallest absolute Gasteiger partial charge is 0.668 e. The fourth-order valence-electron chi connectivity index (χ4n) is 4.41. The monoisotopic (exact) mass is 1190 g/mol. The molecule has 0 heterocycles. The first kappa shape index (κ1) is 59.1. The third-order valence-corrected chi connectivity index (χ3v) is 24.8. The summed E-state index contributed by atoms with van der Waals surface area (Å²) in [5, 5.41) is 0. The molecule has 0 N–H and O–H groups in total. The maximum Gasteiger partial charge on any atom is 3.00 e. The van der Waals surface area contributed by atoms with Crippen LogP contribution in [0, 0.1) is 75.1 Å². The van der Waals surface area contributed by atoms with Crippen molar-refractivity contribution in [2.24, 2.45) is 0 Å². The summed E-state index contributed by atoms with van der Waals surface area (Å²) in [4.78, 5) is 0. The van der Waals surface area contributed by atoms with E-state index in [2.05, 4.69) is 157 Å². The maximum absolute atomic E-state index is 4.82. The zero-order chi connectivity index (χ0) is 35.1. The number of rotatable bonds is 8. The zero-order valence-electron chi connectivity index (χ0n) is 34.3. The summed E-state index contributed by atoms with van der Waals surface area (Å²) in [7, 11) is -8.85. The first-order valence-electron chi connectivity index (χ1n) is 15.8. The molecule has 0 saturated heterocycles. The van der Waals surface area contributed by atoms with Crippen LogP contribution in [-0.4, -0.2) is 65.9 Å². The van der Waals surface area contributed by atoms with Crippen molar-refractivity contribution in [3.63, 3.8) is 0 Å². The summed E-state index contributed by atoms with van der Waals surface area (Å²) in [6.45, 7) is 55.1. The van der Waals surface area contributed by atoms with E-state index in [0.29, 0.717) is 0 Å². The number of allylic oxidation sites excluding steroid dienone is 4. The van der Waals surface area contributed by atoms with E-state index in [1.807, 2.05) is 37.1 Å². The van der Waals surface area contributed by atoms with E-state index in [1.54, 1.807) is 0 Å². The number of nitrogens with zero attached hydrogens (tertiary/aromatic N) is 4. The molecular weight excluding hydrogens is 1120 g/mol. The average molecular weight is 1200 g/mol. The Balaban J connectivity index is -0.000000102. The Labute approximate surface area is 337 Å². The minimum Gasteiger partial charge on any atom is -0.668 e.